The second-order valence-electron chi connectivity index (χ2n) is 4.84. The maximum atomic E-state index is 13.3. The van der Waals surface area contributed by atoms with Gasteiger partial charge in [-0.2, -0.15) is 0 Å². The molecule has 1 aromatic rings. The fourth-order valence-electron chi connectivity index (χ4n) is 2.44. The lowest BCUT2D eigenvalue weighted by Crippen LogP contribution is -2.26. The first-order chi connectivity index (χ1) is 8.37. The summed E-state index contributed by atoms with van der Waals surface area (Å²) in [6.45, 7) is 0. The Balaban J connectivity index is 1.96. The first kappa shape index (κ1) is 14.7. The summed E-state index contributed by atoms with van der Waals surface area (Å²) in [6, 6.07) is 1.76. The number of hydrogen-bond donors (Lipinski definition) is 1. The van der Waals surface area contributed by atoms with Gasteiger partial charge in [-0.15, -0.1) is 11.3 Å². The lowest BCUT2D eigenvalue weighted by atomic mass is 9.83. The van der Waals surface area contributed by atoms with Crippen molar-refractivity contribution in [1.82, 2.24) is 0 Å². The minimum atomic E-state index is -2.56. The molecule has 1 nitrogen and oxygen atoms in total. The molecule has 102 valence electrons. The van der Waals surface area contributed by atoms with Crippen molar-refractivity contribution in [3.63, 3.8) is 0 Å². The van der Waals surface area contributed by atoms with Gasteiger partial charge in [0.15, 0.2) is 0 Å². The molecule has 0 amide bonds. The first-order valence-electron chi connectivity index (χ1n) is 5.88. The van der Waals surface area contributed by atoms with Crippen LogP contribution in [0, 0.1) is 5.92 Å². The molecular formula is C12H14BrClF2OS. The van der Waals surface area contributed by atoms with E-state index in [2.05, 4.69) is 15.9 Å². The van der Waals surface area contributed by atoms with Crippen LogP contribution in [-0.2, 0) is 0 Å². The molecule has 1 aliphatic rings. The van der Waals surface area contributed by atoms with Crippen LogP contribution in [0.4, 0.5) is 8.78 Å². The van der Waals surface area contributed by atoms with Gasteiger partial charge in [0.05, 0.1) is 6.10 Å². The smallest absolute Gasteiger partial charge is 0.248 e. The Morgan fingerprint density at radius 1 is 1.61 bits per heavy atom. The minimum Gasteiger partial charge on any atom is -0.388 e. The van der Waals surface area contributed by atoms with Gasteiger partial charge in [0, 0.05) is 22.2 Å². The standard InChI is InChI=1S/C12H14BrClF2OS/c13-8-5-10(18-11(8)14)9(17)4-7-2-1-3-12(15,16)6-7/h5,7,9,17H,1-4,6H2. The van der Waals surface area contributed by atoms with Crippen LogP contribution in [0.3, 0.4) is 0 Å². The normalized spacial score (nSPS) is 25.1. The highest BCUT2D eigenvalue weighted by molar-refractivity contribution is 9.10. The zero-order valence-electron chi connectivity index (χ0n) is 9.63. The van der Waals surface area contributed by atoms with Crippen LogP contribution in [0.2, 0.25) is 4.34 Å². The van der Waals surface area contributed by atoms with Crippen molar-refractivity contribution < 1.29 is 13.9 Å². The average Bonchev–Trinajstić information content (AvgIpc) is 2.58. The summed E-state index contributed by atoms with van der Waals surface area (Å²) in [5.41, 5.74) is 0. The molecule has 0 radical (unpaired) electrons. The lowest BCUT2D eigenvalue weighted by Gasteiger charge is -2.29. The van der Waals surface area contributed by atoms with Gasteiger partial charge in [-0.05, 0) is 47.2 Å². The van der Waals surface area contributed by atoms with E-state index in [4.69, 9.17) is 11.6 Å². The van der Waals surface area contributed by atoms with E-state index in [1.54, 1.807) is 6.07 Å². The van der Waals surface area contributed by atoms with Crippen LogP contribution in [0.1, 0.15) is 43.1 Å². The highest BCUT2D eigenvalue weighted by atomic mass is 79.9. The van der Waals surface area contributed by atoms with Crippen molar-refractivity contribution >= 4 is 38.9 Å². The molecule has 0 aromatic carbocycles. The monoisotopic (exact) mass is 358 g/mol. The molecule has 0 spiro atoms. The van der Waals surface area contributed by atoms with Crippen LogP contribution in [0.5, 0.6) is 0 Å². The molecule has 0 bridgehead atoms. The molecule has 0 saturated heterocycles. The predicted octanol–water partition coefficient (Wildman–Crippen LogP) is 5.41. The molecule has 1 aromatic heterocycles. The summed E-state index contributed by atoms with van der Waals surface area (Å²) in [6.07, 6.45) is 0.878. The number of aliphatic hydroxyl groups excluding tert-OH is 1. The van der Waals surface area contributed by atoms with Gasteiger partial charge < -0.3 is 5.11 Å². The summed E-state index contributed by atoms with van der Waals surface area (Å²) in [5, 5.41) is 10.1. The summed E-state index contributed by atoms with van der Waals surface area (Å²) < 4.78 is 27.9. The van der Waals surface area contributed by atoms with Gasteiger partial charge in [0.1, 0.15) is 4.34 Å². The van der Waals surface area contributed by atoms with Gasteiger partial charge in [0.25, 0.3) is 0 Å². The average molecular weight is 360 g/mol. The van der Waals surface area contributed by atoms with Gasteiger partial charge in [-0.25, -0.2) is 8.78 Å². The predicted molar refractivity (Wildman–Crippen MR) is 73.5 cm³/mol. The molecule has 1 heterocycles. The number of rotatable bonds is 3. The second kappa shape index (κ2) is 5.73. The third-order valence-corrected chi connectivity index (χ3v) is 5.87. The largest absolute Gasteiger partial charge is 0.388 e. The second-order valence-corrected chi connectivity index (χ2v) is 7.38. The quantitative estimate of drug-likeness (QED) is 0.764. The summed E-state index contributed by atoms with van der Waals surface area (Å²) in [5.74, 6) is -2.67. The van der Waals surface area contributed by atoms with E-state index in [0.717, 1.165) is 15.8 Å². The highest BCUT2D eigenvalue weighted by Gasteiger charge is 2.37. The molecule has 6 heteroatoms. The molecule has 18 heavy (non-hydrogen) atoms. The molecule has 1 aliphatic carbocycles. The van der Waals surface area contributed by atoms with Crippen molar-refractivity contribution in [3.8, 4) is 0 Å². The van der Waals surface area contributed by atoms with Crippen molar-refractivity contribution in [2.24, 2.45) is 5.92 Å². The van der Waals surface area contributed by atoms with Crippen molar-refractivity contribution in [2.45, 2.75) is 44.1 Å². The summed E-state index contributed by atoms with van der Waals surface area (Å²) in [7, 11) is 0. The summed E-state index contributed by atoms with van der Waals surface area (Å²) >= 11 is 10.5. The molecule has 2 unspecified atom stereocenters. The topological polar surface area (TPSA) is 20.2 Å². The Morgan fingerprint density at radius 2 is 2.33 bits per heavy atom. The molecule has 2 rings (SSSR count). The fourth-order valence-corrected chi connectivity index (χ4v) is 4.17. The fraction of sp³-hybridized carbons (Fsp3) is 0.667. The third-order valence-electron chi connectivity index (χ3n) is 3.29. The Bertz CT molecular complexity index is 405. The summed E-state index contributed by atoms with van der Waals surface area (Å²) in [4.78, 5) is 0.737. The van der Waals surface area contributed by atoms with Crippen molar-refractivity contribution in [1.29, 1.82) is 0 Å². The van der Waals surface area contributed by atoms with Gasteiger partial charge in [-0.3, -0.25) is 0 Å². The van der Waals surface area contributed by atoms with Crippen LogP contribution in [-0.4, -0.2) is 11.0 Å². The van der Waals surface area contributed by atoms with Gasteiger partial charge in [0.2, 0.25) is 5.92 Å². The van der Waals surface area contributed by atoms with Crippen LogP contribution >= 0.6 is 38.9 Å². The van der Waals surface area contributed by atoms with Crippen LogP contribution in [0.25, 0.3) is 0 Å². The molecule has 1 N–H and O–H groups in total. The highest BCUT2D eigenvalue weighted by Crippen LogP contribution is 2.42. The van der Waals surface area contributed by atoms with E-state index in [9.17, 15) is 13.9 Å². The Morgan fingerprint density at radius 3 is 2.89 bits per heavy atom. The van der Waals surface area contributed by atoms with E-state index < -0.39 is 12.0 Å². The lowest BCUT2D eigenvalue weighted by molar-refractivity contribution is -0.0589. The number of halogens is 4. The minimum absolute atomic E-state index is 0.0179. The zero-order chi connectivity index (χ0) is 13.3. The Kier molecular flexibility index (Phi) is 4.68. The Labute approximate surface area is 122 Å². The number of alkyl halides is 2. The van der Waals surface area contributed by atoms with Crippen LogP contribution in [0.15, 0.2) is 10.5 Å². The zero-order valence-corrected chi connectivity index (χ0v) is 12.8. The van der Waals surface area contributed by atoms with Crippen molar-refractivity contribution in [3.05, 3.63) is 19.8 Å². The Hall–Kier alpha value is 0.290. The van der Waals surface area contributed by atoms with Gasteiger partial charge >= 0.3 is 0 Å². The molecule has 1 fully saturated rings. The van der Waals surface area contributed by atoms with Crippen molar-refractivity contribution in [2.75, 3.05) is 0 Å². The molecule has 0 aliphatic heterocycles. The maximum Gasteiger partial charge on any atom is 0.248 e. The van der Waals surface area contributed by atoms with Crippen LogP contribution < -0.4 is 0 Å². The number of thiophene rings is 1. The van der Waals surface area contributed by atoms with E-state index in [0.29, 0.717) is 17.2 Å². The van der Waals surface area contributed by atoms with E-state index >= 15 is 0 Å². The molecule has 1 saturated carbocycles. The number of aliphatic hydroxyl groups is 1. The first-order valence-corrected chi connectivity index (χ1v) is 7.87. The van der Waals surface area contributed by atoms with Gasteiger partial charge in [-0.1, -0.05) is 11.6 Å². The third kappa shape index (κ3) is 3.65. The SMILES string of the molecule is OC(CC1CCCC(F)(F)C1)c1cc(Br)c(Cl)s1. The molecular weight excluding hydrogens is 346 g/mol. The molecule has 2 atom stereocenters. The van der Waals surface area contributed by atoms with E-state index in [-0.39, 0.29) is 18.8 Å². The number of hydrogen-bond acceptors (Lipinski definition) is 2. The van der Waals surface area contributed by atoms with E-state index in [1.807, 2.05) is 0 Å². The van der Waals surface area contributed by atoms with E-state index in [1.165, 1.54) is 11.3 Å². The maximum absolute atomic E-state index is 13.3.